The minimum Gasteiger partial charge on any atom is -0.288 e. The summed E-state index contributed by atoms with van der Waals surface area (Å²) in [7, 11) is -9.27. The predicted octanol–water partition coefficient (Wildman–Crippen LogP) is 11.8. The standard InChI is InChI=1S/C40H99N13P4/c1-21-44(22-2)40(20)53(39-19)57(51(35-15)36-16,52(37-17)38-18)43-54(41-55(45(23-3)24-4,46(25-5)26-6)47(27-7)28-8)42-56(48(29-9)30-10,49(31-11)32-12)50(33-13)34-14/h40H,21-39H2,1-20H3. The Hall–Kier alpha value is 0.720. The summed E-state index contributed by atoms with van der Waals surface area (Å²) in [6.45, 7) is 64.6. The van der Waals surface area contributed by atoms with E-state index >= 15 is 0 Å². The van der Waals surface area contributed by atoms with Crippen LogP contribution in [-0.2, 0) is 0 Å². The van der Waals surface area contributed by atoms with E-state index in [-0.39, 0.29) is 6.17 Å². The maximum absolute atomic E-state index is 6.60. The molecule has 0 fully saturated rings. The van der Waals surface area contributed by atoms with Crippen molar-refractivity contribution < 1.29 is 0 Å². The lowest BCUT2D eigenvalue weighted by molar-refractivity contribution is 0.119. The van der Waals surface area contributed by atoms with Gasteiger partial charge in [-0.25, -0.2) is 42.0 Å². The van der Waals surface area contributed by atoms with Gasteiger partial charge in [-0.05, 0) is 20.0 Å². The number of hydrogen-bond acceptors (Lipinski definition) is 4. The van der Waals surface area contributed by atoms with E-state index in [1.165, 1.54) is 0 Å². The fourth-order valence-electron chi connectivity index (χ4n) is 8.90. The highest BCUT2D eigenvalue weighted by atomic mass is 31.2. The van der Waals surface area contributed by atoms with Crippen molar-refractivity contribution >= 4 is 30.9 Å². The van der Waals surface area contributed by atoms with E-state index in [2.05, 4.69) is 185 Å². The second-order valence-electron chi connectivity index (χ2n) is 13.9. The summed E-state index contributed by atoms with van der Waals surface area (Å²) < 4.78 is 44.2. The molecule has 0 radical (unpaired) electrons. The lowest BCUT2D eigenvalue weighted by Crippen LogP contribution is -2.50. The third-order valence-corrected chi connectivity index (χ3v) is 28.6. The van der Waals surface area contributed by atoms with Crippen LogP contribution < -0.4 is 0 Å². The van der Waals surface area contributed by atoms with Gasteiger partial charge in [0.05, 0.1) is 6.17 Å². The van der Waals surface area contributed by atoms with E-state index in [1.807, 2.05) is 0 Å². The van der Waals surface area contributed by atoms with Crippen molar-refractivity contribution in [3.05, 3.63) is 0 Å². The van der Waals surface area contributed by atoms with Crippen molar-refractivity contribution in [2.24, 2.45) is 13.5 Å². The molecule has 0 bridgehead atoms. The Morgan fingerprint density at radius 2 is 0.491 bits per heavy atom. The van der Waals surface area contributed by atoms with Crippen LogP contribution >= 0.6 is 30.9 Å². The van der Waals surface area contributed by atoms with Gasteiger partial charge in [0.15, 0.2) is 22.5 Å². The van der Waals surface area contributed by atoms with E-state index in [0.717, 1.165) is 124 Å². The van der Waals surface area contributed by atoms with Gasteiger partial charge in [0.25, 0.3) is 8.37 Å². The molecule has 0 aliphatic rings. The summed E-state index contributed by atoms with van der Waals surface area (Å²) in [4.78, 5) is 2.62. The summed E-state index contributed by atoms with van der Waals surface area (Å²) in [5.41, 5.74) is 0. The molecular weight excluding hydrogens is 786 g/mol. The lowest BCUT2D eigenvalue weighted by atomic mass is 10.4. The molecule has 0 spiro atoms. The van der Waals surface area contributed by atoms with Gasteiger partial charge >= 0.3 is 0 Å². The van der Waals surface area contributed by atoms with Crippen LogP contribution in [0.5, 0.6) is 0 Å². The molecule has 17 heteroatoms. The average molecular weight is 886 g/mol. The summed E-state index contributed by atoms with van der Waals surface area (Å²) in [6.07, 6.45) is 0.195. The first-order valence-electron chi connectivity index (χ1n) is 23.5. The molecule has 0 aromatic carbocycles. The van der Waals surface area contributed by atoms with Gasteiger partial charge in [0.1, 0.15) is 0 Å². The van der Waals surface area contributed by atoms with Crippen LogP contribution in [0.4, 0.5) is 0 Å². The minimum absolute atomic E-state index is 0.195. The van der Waals surface area contributed by atoms with Gasteiger partial charge in [-0.3, -0.25) is 4.90 Å². The molecule has 1 atom stereocenters. The molecule has 0 aromatic heterocycles. The van der Waals surface area contributed by atoms with E-state index < -0.39 is 30.9 Å². The summed E-state index contributed by atoms with van der Waals surface area (Å²) >= 11 is 0. The number of hydrogen-bond donors (Lipinski definition) is 0. The first-order chi connectivity index (χ1) is 27.3. The summed E-state index contributed by atoms with van der Waals surface area (Å²) in [5.74, 6) is 0. The normalized spacial score (nSPS) is 14.2. The number of nitrogens with zero attached hydrogens (tertiary/aromatic N) is 13. The molecule has 0 aliphatic heterocycles. The van der Waals surface area contributed by atoms with E-state index in [0.29, 0.717) is 0 Å². The molecule has 0 rings (SSSR count). The minimum atomic E-state index is -2.63. The smallest absolute Gasteiger partial charge is 0.274 e. The molecule has 0 saturated carbocycles. The van der Waals surface area contributed by atoms with Crippen LogP contribution in [0.1, 0.15) is 138 Å². The Bertz CT molecular complexity index is 1040. The highest BCUT2D eigenvalue weighted by molar-refractivity contribution is 7.76. The predicted molar refractivity (Wildman–Crippen MR) is 263 cm³/mol. The van der Waals surface area contributed by atoms with Crippen molar-refractivity contribution in [3.8, 4) is 0 Å². The molecule has 0 amide bonds. The van der Waals surface area contributed by atoms with Gasteiger partial charge in [-0.15, -0.1) is 0 Å². The maximum atomic E-state index is 6.60. The highest BCUT2D eigenvalue weighted by Gasteiger charge is 2.46. The third-order valence-electron chi connectivity index (χ3n) is 11.9. The van der Waals surface area contributed by atoms with Crippen LogP contribution in [0.25, 0.3) is 0 Å². The molecule has 0 aromatic rings. The first kappa shape index (κ1) is 57.7. The van der Waals surface area contributed by atoms with E-state index in [4.69, 9.17) is 13.5 Å². The van der Waals surface area contributed by atoms with Crippen molar-refractivity contribution in [1.29, 1.82) is 0 Å². The van der Waals surface area contributed by atoms with Crippen molar-refractivity contribution in [2.45, 2.75) is 145 Å². The number of rotatable bonds is 33. The zero-order valence-electron chi connectivity index (χ0n) is 41.6. The first-order valence-corrected chi connectivity index (χ1v) is 29.5. The van der Waals surface area contributed by atoms with E-state index in [9.17, 15) is 0 Å². The zero-order chi connectivity index (χ0) is 44.0. The Kier molecular flexibility index (Phi) is 30.3. The quantitative estimate of drug-likeness (QED) is 0.0470. The fraction of sp³-hybridized carbons (Fsp3) is 1.00. The van der Waals surface area contributed by atoms with Crippen LogP contribution in [-0.4, -0.2) is 177 Å². The monoisotopic (exact) mass is 886 g/mol. The molecule has 0 saturated heterocycles. The Balaban J connectivity index is 10.4. The molecule has 0 heterocycles. The van der Waals surface area contributed by atoms with Gasteiger partial charge in [-0.1, -0.05) is 132 Å². The molecule has 13 nitrogen and oxygen atoms in total. The Morgan fingerprint density at radius 1 is 0.298 bits per heavy atom. The van der Waals surface area contributed by atoms with Crippen LogP contribution in [0.3, 0.4) is 0 Å². The zero-order valence-corrected chi connectivity index (χ0v) is 45.2. The molecular formula is C40H99N13P4. The fourth-order valence-corrected chi connectivity index (χ4v) is 27.1. The lowest BCUT2D eigenvalue weighted by Gasteiger charge is -2.53. The summed E-state index contributed by atoms with van der Waals surface area (Å²) in [6, 6.07) is 0. The van der Waals surface area contributed by atoms with Crippen LogP contribution in [0.2, 0.25) is 0 Å². The SMILES string of the molecule is CCN(CC)C(C)N(CC)P(=NP(N=P(N(CC)CC)(N(CC)CC)N(CC)CC)N=P(N(CC)CC)(N(CC)CC)N(CC)CC)(N(CC)CC)N(CC)CC. The summed E-state index contributed by atoms with van der Waals surface area (Å²) in [5, 5.41) is 0. The second-order valence-corrected chi connectivity index (χ2v) is 24.8. The van der Waals surface area contributed by atoms with Gasteiger partial charge in [0, 0.05) is 111 Å². The molecule has 0 aliphatic carbocycles. The van der Waals surface area contributed by atoms with Crippen molar-refractivity contribution in [3.63, 3.8) is 0 Å². The second kappa shape index (κ2) is 29.9. The highest BCUT2D eigenvalue weighted by Crippen LogP contribution is 2.75. The van der Waals surface area contributed by atoms with Crippen LogP contribution in [0, 0.1) is 0 Å². The van der Waals surface area contributed by atoms with Crippen molar-refractivity contribution in [2.75, 3.05) is 124 Å². The maximum Gasteiger partial charge on any atom is 0.274 e. The van der Waals surface area contributed by atoms with Gasteiger partial charge < -0.3 is 0 Å². The topological polar surface area (TPSA) is 69.5 Å². The molecule has 0 N–H and O–H groups in total. The van der Waals surface area contributed by atoms with Gasteiger partial charge in [0.2, 0.25) is 0 Å². The average Bonchev–Trinajstić information content (AvgIpc) is 3.21. The third kappa shape index (κ3) is 12.7. The Labute approximate surface area is 359 Å². The molecule has 1 unspecified atom stereocenters. The molecule has 344 valence electrons. The largest absolute Gasteiger partial charge is 0.288 e. The van der Waals surface area contributed by atoms with Gasteiger partial charge in [-0.2, -0.15) is 13.5 Å². The molecule has 57 heavy (non-hydrogen) atoms. The van der Waals surface area contributed by atoms with E-state index in [1.54, 1.807) is 0 Å². The van der Waals surface area contributed by atoms with Crippen LogP contribution in [0.15, 0.2) is 13.5 Å². The van der Waals surface area contributed by atoms with Crippen molar-refractivity contribution in [1.82, 2.24) is 46.9 Å². The Morgan fingerprint density at radius 3 is 0.667 bits per heavy atom.